The van der Waals surface area contributed by atoms with Gasteiger partial charge in [-0.05, 0) is 103 Å². The minimum atomic E-state index is -0.919. The monoisotopic (exact) mass is 620 g/mol. The smallest absolute Gasteiger partial charge is 0.205 e. The number of hydrogen-bond acceptors (Lipinski definition) is 3. The van der Waals surface area contributed by atoms with Crippen LogP contribution in [0.15, 0.2) is 60.7 Å². The summed E-state index contributed by atoms with van der Waals surface area (Å²) >= 11 is 0. The van der Waals surface area contributed by atoms with Gasteiger partial charge in [-0.25, -0.2) is 0 Å². The average molecular weight is 621 g/mol. The van der Waals surface area contributed by atoms with Crippen molar-refractivity contribution in [1.29, 1.82) is 0 Å². The van der Waals surface area contributed by atoms with Crippen LogP contribution in [0.25, 0.3) is 5.57 Å². The second kappa shape index (κ2) is 16.0. The lowest BCUT2D eigenvalue weighted by atomic mass is 9.77. The molecule has 0 saturated carbocycles. The Kier molecular flexibility index (Phi) is 13.9. The molecule has 0 aliphatic carbocycles. The van der Waals surface area contributed by atoms with Crippen molar-refractivity contribution in [3.63, 3.8) is 0 Å². The van der Waals surface area contributed by atoms with E-state index in [-0.39, 0.29) is 23.0 Å². The van der Waals surface area contributed by atoms with Crippen LogP contribution in [0.4, 0.5) is 0 Å². The van der Waals surface area contributed by atoms with Gasteiger partial charge in [0.05, 0.1) is 17.8 Å². The fraction of sp³-hybridized carbons (Fsp3) is 0.579. The standard InChI is InChI=1S/C38H60O3Si2/c1-14-38(39,15-2)25-17-18-28(3)31-20-16-19-29(26-31)21-22-30-23-24-32(34(36(4,5)6)40-42(10)11)33(27-30)35(37(7,8)9)41-43(12)13/h16-20,23-27,34-35,39H,14-15,21-22H2,1-13H3/b25-17+,28-18+. The fourth-order valence-corrected chi connectivity index (χ4v) is 7.25. The lowest BCUT2D eigenvalue weighted by Crippen LogP contribution is -2.31. The molecule has 0 fully saturated rings. The van der Waals surface area contributed by atoms with Crippen LogP contribution >= 0.6 is 0 Å². The lowest BCUT2D eigenvalue weighted by molar-refractivity contribution is 0.0655. The molecule has 0 aliphatic heterocycles. The summed E-state index contributed by atoms with van der Waals surface area (Å²) in [6, 6.07) is 15.9. The largest absolute Gasteiger partial charge is 0.410 e. The van der Waals surface area contributed by atoms with E-state index in [9.17, 15) is 5.11 Å². The van der Waals surface area contributed by atoms with Gasteiger partial charge in [-0.1, -0.05) is 116 Å². The number of hydrogen-bond donors (Lipinski definition) is 1. The highest BCUT2D eigenvalue weighted by Gasteiger charge is 2.36. The molecule has 3 nitrogen and oxygen atoms in total. The van der Waals surface area contributed by atoms with Gasteiger partial charge in [-0.15, -0.1) is 0 Å². The van der Waals surface area contributed by atoms with E-state index in [1.165, 1.54) is 33.4 Å². The fourth-order valence-electron chi connectivity index (χ4n) is 5.34. The van der Waals surface area contributed by atoms with Crippen molar-refractivity contribution in [2.24, 2.45) is 10.8 Å². The molecule has 0 saturated heterocycles. The number of allylic oxidation sites excluding steroid dienone is 3. The molecule has 2 atom stereocenters. The molecule has 2 aromatic rings. The van der Waals surface area contributed by atoms with Gasteiger partial charge in [-0.2, -0.15) is 0 Å². The Morgan fingerprint density at radius 2 is 1.28 bits per heavy atom. The quantitative estimate of drug-likeness (QED) is 0.169. The Morgan fingerprint density at radius 3 is 1.77 bits per heavy atom. The van der Waals surface area contributed by atoms with Gasteiger partial charge in [0, 0.05) is 0 Å². The molecule has 0 aromatic heterocycles. The molecule has 0 heterocycles. The second-order valence-corrected chi connectivity index (χ2v) is 18.8. The van der Waals surface area contributed by atoms with Gasteiger partial charge in [0.2, 0.25) is 18.1 Å². The van der Waals surface area contributed by atoms with E-state index < -0.39 is 23.7 Å². The molecule has 1 N–H and O–H groups in total. The summed E-state index contributed by atoms with van der Waals surface area (Å²) in [6.07, 6.45) is 9.42. The molecule has 43 heavy (non-hydrogen) atoms. The number of rotatable bonds is 14. The first-order chi connectivity index (χ1) is 19.9. The Morgan fingerprint density at radius 1 is 0.767 bits per heavy atom. The van der Waals surface area contributed by atoms with Gasteiger partial charge in [-0.3, -0.25) is 0 Å². The molecule has 2 rings (SSSR count). The molecule has 0 spiro atoms. The van der Waals surface area contributed by atoms with Crippen LogP contribution < -0.4 is 0 Å². The predicted octanol–water partition coefficient (Wildman–Crippen LogP) is 10.7. The molecule has 2 aromatic carbocycles. The van der Waals surface area contributed by atoms with Gasteiger partial charge >= 0.3 is 0 Å². The number of aliphatic hydroxyl groups is 1. The van der Waals surface area contributed by atoms with E-state index in [1.807, 2.05) is 26.0 Å². The van der Waals surface area contributed by atoms with E-state index in [4.69, 9.17) is 8.85 Å². The minimum absolute atomic E-state index is 0.00594. The first-order valence-electron chi connectivity index (χ1n) is 16.1. The van der Waals surface area contributed by atoms with Crippen LogP contribution in [0.1, 0.15) is 115 Å². The Balaban J connectivity index is 2.44. The van der Waals surface area contributed by atoms with E-state index in [0.717, 1.165) is 25.7 Å². The lowest BCUT2D eigenvalue weighted by Gasteiger charge is -2.39. The summed E-state index contributed by atoms with van der Waals surface area (Å²) < 4.78 is 13.5. The highest BCUT2D eigenvalue weighted by molar-refractivity contribution is 6.48. The predicted molar refractivity (Wildman–Crippen MR) is 190 cm³/mol. The molecule has 0 amide bonds. The van der Waals surface area contributed by atoms with Crippen LogP contribution in [0.5, 0.6) is 0 Å². The molecule has 2 radical (unpaired) electrons. The topological polar surface area (TPSA) is 38.7 Å². The third-order valence-electron chi connectivity index (χ3n) is 8.06. The maximum Gasteiger partial charge on any atom is 0.205 e. The van der Waals surface area contributed by atoms with Crippen molar-refractivity contribution >= 4 is 23.7 Å². The molecule has 0 bridgehead atoms. The second-order valence-electron chi connectivity index (χ2n) is 14.7. The summed E-state index contributed by atoms with van der Waals surface area (Å²) in [5.41, 5.74) is 6.85. The Labute approximate surface area is 268 Å². The van der Waals surface area contributed by atoms with Crippen LogP contribution in [-0.4, -0.2) is 28.8 Å². The van der Waals surface area contributed by atoms with Crippen molar-refractivity contribution < 1.29 is 14.0 Å². The van der Waals surface area contributed by atoms with Crippen LogP contribution in [0.2, 0.25) is 26.2 Å². The van der Waals surface area contributed by atoms with Crippen molar-refractivity contribution in [3.8, 4) is 0 Å². The molecule has 5 heteroatoms. The van der Waals surface area contributed by atoms with Gasteiger partial charge < -0.3 is 14.0 Å². The summed E-state index contributed by atoms with van der Waals surface area (Å²) in [5, 5.41) is 10.6. The summed E-state index contributed by atoms with van der Waals surface area (Å²) in [4.78, 5) is 0. The third kappa shape index (κ3) is 11.6. The van der Waals surface area contributed by atoms with Gasteiger partial charge in [0.1, 0.15) is 0 Å². The first kappa shape index (κ1) is 37.4. The van der Waals surface area contributed by atoms with E-state index in [1.54, 1.807) is 0 Å². The van der Waals surface area contributed by atoms with E-state index in [2.05, 4.69) is 123 Å². The van der Waals surface area contributed by atoms with Crippen molar-refractivity contribution in [2.75, 3.05) is 0 Å². The van der Waals surface area contributed by atoms with E-state index in [0.29, 0.717) is 0 Å². The maximum atomic E-state index is 10.6. The third-order valence-corrected chi connectivity index (χ3v) is 9.47. The zero-order chi connectivity index (χ0) is 32.6. The van der Waals surface area contributed by atoms with Gasteiger partial charge in [0.15, 0.2) is 0 Å². The highest BCUT2D eigenvalue weighted by atomic mass is 28.3. The summed E-state index contributed by atoms with van der Waals surface area (Å²) in [5.74, 6) is 0. The van der Waals surface area contributed by atoms with Crippen LogP contribution in [0, 0.1) is 10.8 Å². The SMILES string of the molecule is CCC(O)(/C=C/C=C(\C)c1cccc(CCc2ccc(C(O[Si](C)C)C(C)(C)C)c(C(O[Si](C)C)C(C)(C)C)c2)c1)CC. The normalized spacial score (nSPS) is 15.1. The van der Waals surface area contributed by atoms with Gasteiger partial charge in [0.25, 0.3) is 0 Å². The minimum Gasteiger partial charge on any atom is -0.410 e. The van der Waals surface area contributed by atoms with E-state index >= 15 is 0 Å². The zero-order valence-electron chi connectivity index (χ0n) is 29.5. The summed E-state index contributed by atoms with van der Waals surface area (Å²) in [6.45, 7) is 28.9. The molecular formula is C38H60O3Si2. The Bertz CT molecular complexity index is 1210. The van der Waals surface area contributed by atoms with Crippen molar-refractivity contribution in [2.45, 2.75) is 132 Å². The van der Waals surface area contributed by atoms with Crippen LogP contribution in [0.3, 0.4) is 0 Å². The first-order valence-corrected chi connectivity index (χ1v) is 21.0. The molecule has 2 unspecified atom stereocenters. The molecular weight excluding hydrogens is 561 g/mol. The average Bonchev–Trinajstić information content (AvgIpc) is 2.92. The van der Waals surface area contributed by atoms with Crippen molar-refractivity contribution in [1.82, 2.24) is 0 Å². The maximum absolute atomic E-state index is 10.6. The summed E-state index contributed by atoms with van der Waals surface area (Å²) in [7, 11) is -1.82. The van der Waals surface area contributed by atoms with Crippen molar-refractivity contribution in [3.05, 3.63) is 88.5 Å². The zero-order valence-corrected chi connectivity index (χ0v) is 31.5. The number of aryl methyl sites for hydroxylation is 2. The molecule has 0 aliphatic rings. The molecule has 238 valence electrons. The van der Waals surface area contributed by atoms with Crippen LogP contribution in [-0.2, 0) is 21.7 Å². The Hall–Kier alpha value is -1.77. The highest BCUT2D eigenvalue weighted by Crippen LogP contribution is 2.45. The number of benzene rings is 2.